The summed E-state index contributed by atoms with van der Waals surface area (Å²) in [5, 5.41) is 9.27. The van der Waals surface area contributed by atoms with E-state index >= 15 is 0 Å². The monoisotopic (exact) mass is 142 g/mol. The van der Waals surface area contributed by atoms with E-state index in [1.807, 2.05) is 36.3 Å². The lowest BCUT2D eigenvalue weighted by Gasteiger charge is -2.29. The Hall–Kier alpha value is -0.700. The molecule has 0 aromatic carbocycles. The summed E-state index contributed by atoms with van der Waals surface area (Å²) in [6, 6.07) is 0. The molecule has 3 nitrogen and oxygen atoms in total. The predicted molar refractivity (Wildman–Crippen MR) is 40.1 cm³/mol. The van der Waals surface area contributed by atoms with Gasteiger partial charge < -0.3 is 14.9 Å². The molecule has 0 bridgehead atoms. The van der Waals surface area contributed by atoms with E-state index in [9.17, 15) is 5.11 Å². The standard InChI is InChI=1S/C7H14N2O/c1-6(10)7-8(2)4-5-9(7)3/h4-7,10H,1-3H3. The average molecular weight is 142 g/mol. The maximum Gasteiger partial charge on any atom is 0.127 e. The molecule has 0 spiro atoms. The third-order valence-electron chi connectivity index (χ3n) is 1.80. The molecule has 1 N–H and O–H groups in total. The minimum atomic E-state index is -0.315. The molecule has 0 radical (unpaired) electrons. The van der Waals surface area contributed by atoms with Gasteiger partial charge in [-0.15, -0.1) is 0 Å². The van der Waals surface area contributed by atoms with Gasteiger partial charge in [-0.1, -0.05) is 0 Å². The van der Waals surface area contributed by atoms with Gasteiger partial charge in [-0.25, -0.2) is 0 Å². The third kappa shape index (κ3) is 1.09. The van der Waals surface area contributed by atoms with Crippen LogP contribution in [-0.2, 0) is 0 Å². The van der Waals surface area contributed by atoms with Gasteiger partial charge >= 0.3 is 0 Å². The molecule has 1 aliphatic rings. The first-order valence-corrected chi connectivity index (χ1v) is 3.43. The molecule has 0 aromatic rings. The van der Waals surface area contributed by atoms with Crippen molar-refractivity contribution in [1.29, 1.82) is 0 Å². The lowest BCUT2D eigenvalue weighted by Crippen LogP contribution is -2.42. The minimum Gasteiger partial charge on any atom is -0.389 e. The number of likely N-dealkylation sites (N-methyl/N-ethyl adjacent to an activating group) is 2. The maximum atomic E-state index is 9.27. The molecule has 10 heavy (non-hydrogen) atoms. The van der Waals surface area contributed by atoms with Crippen LogP contribution in [-0.4, -0.2) is 41.3 Å². The molecular weight excluding hydrogens is 128 g/mol. The number of aliphatic hydroxyl groups excluding tert-OH is 1. The summed E-state index contributed by atoms with van der Waals surface area (Å²) in [6.07, 6.45) is 3.71. The van der Waals surface area contributed by atoms with Gasteiger partial charge in [-0.05, 0) is 6.92 Å². The van der Waals surface area contributed by atoms with E-state index in [1.165, 1.54) is 0 Å². The van der Waals surface area contributed by atoms with E-state index < -0.39 is 0 Å². The summed E-state index contributed by atoms with van der Waals surface area (Å²) < 4.78 is 0. The van der Waals surface area contributed by atoms with Gasteiger partial charge in [0.15, 0.2) is 0 Å². The van der Waals surface area contributed by atoms with Gasteiger partial charge in [0.2, 0.25) is 0 Å². The molecule has 1 aliphatic heterocycles. The fourth-order valence-electron chi connectivity index (χ4n) is 1.35. The first-order chi connectivity index (χ1) is 4.63. The van der Waals surface area contributed by atoms with Crippen LogP contribution in [0.1, 0.15) is 6.92 Å². The molecule has 1 heterocycles. The van der Waals surface area contributed by atoms with Crippen molar-refractivity contribution in [3.05, 3.63) is 12.4 Å². The topological polar surface area (TPSA) is 26.7 Å². The molecule has 1 atom stereocenters. The van der Waals surface area contributed by atoms with Gasteiger partial charge in [0.25, 0.3) is 0 Å². The van der Waals surface area contributed by atoms with E-state index in [-0.39, 0.29) is 12.3 Å². The Morgan fingerprint density at radius 1 is 1.30 bits per heavy atom. The van der Waals surface area contributed by atoms with Crippen LogP contribution in [0.5, 0.6) is 0 Å². The van der Waals surface area contributed by atoms with Crippen molar-refractivity contribution in [3.8, 4) is 0 Å². The van der Waals surface area contributed by atoms with Crippen molar-refractivity contribution in [2.75, 3.05) is 14.1 Å². The molecule has 58 valence electrons. The molecule has 0 aromatic heterocycles. The van der Waals surface area contributed by atoms with Crippen LogP contribution >= 0.6 is 0 Å². The van der Waals surface area contributed by atoms with E-state index in [4.69, 9.17) is 0 Å². The van der Waals surface area contributed by atoms with Crippen LogP contribution in [0.2, 0.25) is 0 Å². The van der Waals surface area contributed by atoms with Crippen LogP contribution < -0.4 is 0 Å². The highest BCUT2D eigenvalue weighted by Crippen LogP contribution is 2.13. The van der Waals surface area contributed by atoms with Crippen molar-refractivity contribution in [2.45, 2.75) is 19.2 Å². The summed E-state index contributed by atoms with van der Waals surface area (Å²) in [4.78, 5) is 3.98. The molecule has 0 saturated carbocycles. The molecule has 0 amide bonds. The molecule has 0 fully saturated rings. The normalized spacial score (nSPS) is 22.4. The number of nitrogens with zero attached hydrogens (tertiary/aromatic N) is 2. The second kappa shape index (κ2) is 2.50. The van der Waals surface area contributed by atoms with E-state index in [1.54, 1.807) is 6.92 Å². The summed E-state index contributed by atoms with van der Waals surface area (Å²) in [6.45, 7) is 1.80. The Morgan fingerprint density at radius 2 is 1.70 bits per heavy atom. The SMILES string of the molecule is CC(O)C1N(C)C=CN1C. The summed E-state index contributed by atoms with van der Waals surface area (Å²) in [5.41, 5.74) is 0. The highest BCUT2D eigenvalue weighted by molar-refractivity contribution is 4.95. The van der Waals surface area contributed by atoms with Gasteiger partial charge in [-0.2, -0.15) is 0 Å². The summed E-state index contributed by atoms with van der Waals surface area (Å²) >= 11 is 0. The highest BCUT2D eigenvalue weighted by Gasteiger charge is 2.24. The lowest BCUT2D eigenvalue weighted by molar-refractivity contribution is 0.0449. The molecule has 3 heteroatoms. The van der Waals surface area contributed by atoms with Crippen molar-refractivity contribution in [3.63, 3.8) is 0 Å². The summed E-state index contributed by atoms with van der Waals surface area (Å²) in [5.74, 6) is 0. The average Bonchev–Trinajstić information content (AvgIpc) is 2.11. The largest absolute Gasteiger partial charge is 0.389 e. The highest BCUT2D eigenvalue weighted by atomic mass is 16.3. The van der Waals surface area contributed by atoms with Crippen molar-refractivity contribution in [2.24, 2.45) is 0 Å². The molecule has 1 rings (SSSR count). The quantitative estimate of drug-likeness (QED) is 0.560. The Labute approximate surface area is 61.5 Å². The van der Waals surface area contributed by atoms with Crippen LogP contribution in [0, 0.1) is 0 Å². The molecule has 1 unspecified atom stereocenters. The number of hydrogen-bond acceptors (Lipinski definition) is 3. The zero-order valence-electron chi connectivity index (χ0n) is 6.65. The lowest BCUT2D eigenvalue weighted by atomic mass is 10.3. The van der Waals surface area contributed by atoms with Crippen molar-refractivity contribution >= 4 is 0 Å². The van der Waals surface area contributed by atoms with Crippen LogP contribution in [0.4, 0.5) is 0 Å². The first kappa shape index (κ1) is 7.41. The van der Waals surface area contributed by atoms with E-state index in [0.29, 0.717) is 0 Å². The smallest absolute Gasteiger partial charge is 0.127 e. The number of rotatable bonds is 1. The van der Waals surface area contributed by atoms with Crippen LogP contribution in [0.25, 0.3) is 0 Å². The fraction of sp³-hybridized carbons (Fsp3) is 0.714. The maximum absolute atomic E-state index is 9.27. The van der Waals surface area contributed by atoms with Gasteiger partial charge in [0.05, 0.1) is 6.10 Å². The van der Waals surface area contributed by atoms with Crippen LogP contribution in [0.15, 0.2) is 12.4 Å². The molecule has 0 aliphatic carbocycles. The molecule has 0 saturated heterocycles. The zero-order chi connectivity index (χ0) is 7.72. The third-order valence-corrected chi connectivity index (χ3v) is 1.80. The van der Waals surface area contributed by atoms with Gasteiger partial charge in [-0.3, -0.25) is 0 Å². The second-order valence-corrected chi connectivity index (χ2v) is 2.78. The Kier molecular flexibility index (Phi) is 1.85. The van der Waals surface area contributed by atoms with Gasteiger partial charge in [0.1, 0.15) is 6.17 Å². The van der Waals surface area contributed by atoms with E-state index in [0.717, 1.165) is 0 Å². The minimum absolute atomic E-state index is 0.111. The van der Waals surface area contributed by atoms with E-state index in [2.05, 4.69) is 0 Å². The number of aliphatic hydroxyl groups is 1. The first-order valence-electron chi connectivity index (χ1n) is 3.43. The van der Waals surface area contributed by atoms with Crippen molar-refractivity contribution < 1.29 is 5.11 Å². The summed E-state index contributed by atoms with van der Waals surface area (Å²) in [7, 11) is 3.91. The second-order valence-electron chi connectivity index (χ2n) is 2.78. The fourth-order valence-corrected chi connectivity index (χ4v) is 1.35. The van der Waals surface area contributed by atoms with Crippen molar-refractivity contribution in [1.82, 2.24) is 9.80 Å². The predicted octanol–water partition coefficient (Wildman–Crippen LogP) is 0.0417. The Bertz CT molecular complexity index is 133. The van der Waals surface area contributed by atoms with Gasteiger partial charge in [0, 0.05) is 26.5 Å². The zero-order valence-corrected chi connectivity index (χ0v) is 6.65. The van der Waals surface area contributed by atoms with Crippen LogP contribution in [0.3, 0.4) is 0 Å². The molecular formula is C7H14N2O. The number of hydrogen-bond donors (Lipinski definition) is 1. The Morgan fingerprint density at radius 3 is 1.90 bits per heavy atom. The Balaban J connectivity index is 2.60.